The summed E-state index contributed by atoms with van der Waals surface area (Å²) in [5.41, 5.74) is 3.81. The number of anilines is 1. The topological polar surface area (TPSA) is 29.1 Å². The Bertz CT molecular complexity index is 512. The van der Waals surface area contributed by atoms with Crippen molar-refractivity contribution in [2.45, 2.75) is 41.0 Å². The molecule has 0 saturated carbocycles. The molecule has 0 saturated heterocycles. The van der Waals surface area contributed by atoms with Crippen molar-refractivity contribution in [2.75, 3.05) is 5.32 Å². The summed E-state index contributed by atoms with van der Waals surface area (Å²) in [7, 11) is 0. The summed E-state index contributed by atoms with van der Waals surface area (Å²) in [6.07, 6.45) is 0.498. The molecule has 0 spiro atoms. The Kier molecular flexibility index (Phi) is 4.97. The zero-order chi connectivity index (χ0) is 14.8. The Morgan fingerprint density at radius 1 is 1.37 bits per heavy atom. The zero-order valence-electron chi connectivity index (χ0n) is 12.4. The Morgan fingerprint density at radius 3 is 2.42 bits per heavy atom. The summed E-state index contributed by atoms with van der Waals surface area (Å²) < 4.78 is 0.997. The second-order valence-corrected chi connectivity index (χ2v) is 7.13. The standard InChI is InChI=1S/C16H22BrNO/c1-10(2)13-8-12(17)7-11(3)15(13)18-14(19)9-16(4,5)6/h7-8H,1,9H2,2-6H3,(H,18,19). The van der Waals surface area contributed by atoms with Crippen LogP contribution in [0.4, 0.5) is 5.69 Å². The molecule has 0 unspecified atom stereocenters. The second-order valence-electron chi connectivity index (χ2n) is 6.21. The average Bonchev–Trinajstić information content (AvgIpc) is 2.18. The van der Waals surface area contributed by atoms with Gasteiger partial charge in [0, 0.05) is 16.5 Å². The van der Waals surface area contributed by atoms with Crippen molar-refractivity contribution in [3.05, 3.63) is 34.3 Å². The number of hydrogen-bond acceptors (Lipinski definition) is 1. The maximum Gasteiger partial charge on any atom is 0.224 e. The number of halogens is 1. The number of allylic oxidation sites excluding steroid dienone is 1. The van der Waals surface area contributed by atoms with Gasteiger partial charge in [-0.05, 0) is 42.5 Å². The third kappa shape index (κ3) is 4.83. The maximum absolute atomic E-state index is 12.1. The number of aryl methyl sites for hydroxylation is 1. The van der Waals surface area contributed by atoms with Crippen LogP contribution in [-0.4, -0.2) is 5.91 Å². The summed E-state index contributed by atoms with van der Waals surface area (Å²) in [6, 6.07) is 3.99. The van der Waals surface area contributed by atoms with Gasteiger partial charge in [0.1, 0.15) is 0 Å². The van der Waals surface area contributed by atoms with Gasteiger partial charge in [0.2, 0.25) is 5.91 Å². The Balaban J connectivity index is 3.07. The minimum atomic E-state index is -0.0171. The smallest absolute Gasteiger partial charge is 0.224 e. The van der Waals surface area contributed by atoms with E-state index in [9.17, 15) is 4.79 Å². The van der Waals surface area contributed by atoms with Gasteiger partial charge in [0.15, 0.2) is 0 Å². The van der Waals surface area contributed by atoms with E-state index in [4.69, 9.17) is 0 Å². The molecule has 1 N–H and O–H groups in total. The highest BCUT2D eigenvalue weighted by atomic mass is 79.9. The molecule has 1 aromatic rings. The molecule has 0 aliphatic rings. The number of amides is 1. The van der Waals surface area contributed by atoms with Crippen molar-refractivity contribution in [3.8, 4) is 0 Å². The van der Waals surface area contributed by atoms with Crippen LogP contribution in [0, 0.1) is 12.3 Å². The number of nitrogens with one attached hydrogen (secondary N) is 1. The van der Waals surface area contributed by atoms with Crippen molar-refractivity contribution in [3.63, 3.8) is 0 Å². The molecule has 3 heteroatoms. The lowest BCUT2D eigenvalue weighted by atomic mass is 9.91. The first-order valence-corrected chi connectivity index (χ1v) is 7.15. The largest absolute Gasteiger partial charge is 0.325 e. The van der Waals surface area contributed by atoms with E-state index in [-0.39, 0.29) is 11.3 Å². The predicted octanol–water partition coefficient (Wildman–Crippen LogP) is 5.17. The van der Waals surface area contributed by atoms with Crippen LogP contribution in [0.3, 0.4) is 0 Å². The van der Waals surface area contributed by atoms with E-state index in [1.807, 2.05) is 26.0 Å². The van der Waals surface area contributed by atoms with Crippen molar-refractivity contribution in [1.82, 2.24) is 0 Å². The average molecular weight is 324 g/mol. The van der Waals surface area contributed by atoms with Crippen LogP contribution in [0.2, 0.25) is 0 Å². The number of hydrogen-bond donors (Lipinski definition) is 1. The number of carbonyl (C=O) groups excluding carboxylic acids is 1. The molecular weight excluding hydrogens is 302 g/mol. The molecule has 0 aliphatic heterocycles. The van der Waals surface area contributed by atoms with Crippen LogP contribution in [0.25, 0.3) is 5.57 Å². The molecule has 104 valence electrons. The van der Waals surface area contributed by atoms with E-state index < -0.39 is 0 Å². The highest BCUT2D eigenvalue weighted by molar-refractivity contribution is 9.10. The lowest BCUT2D eigenvalue weighted by Gasteiger charge is -2.20. The number of carbonyl (C=O) groups is 1. The summed E-state index contributed by atoms with van der Waals surface area (Å²) in [5, 5.41) is 3.02. The van der Waals surface area contributed by atoms with E-state index in [0.717, 1.165) is 26.9 Å². The van der Waals surface area contributed by atoms with E-state index in [0.29, 0.717) is 6.42 Å². The van der Waals surface area contributed by atoms with E-state index >= 15 is 0 Å². The predicted molar refractivity (Wildman–Crippen MR) is 86.3 cm³/mol. The SMILES string of the molecule is C=C(C)c1cc(Br)cc(C)c1NC(=O)CC(C)(C)C. The van der Waals surface area contributed by atoms with Crippen molar-refractivity contribution < 1.29 is 4.79 Å². The molecule has 0 bridgehead atoms. The molecule has 0 aromatic heterocycles. The Labute approximate surface area is 124 Å². The quantitative estimate of drug-likeness (QED) is 0.817. The molecule has 0 radical (unpaired) electrons. The summed E-state index contributed by atoms with van der Waals surface area (Å²) in [5.74, 6) is 0.0421. The zero-order valence-corrected chi connectivity index (χ0v) is 13.9. The van der Waals surface area contributed by atoms with Gasteiger partial charge >= 0.3 is 0 Å². The molecule has 1 rings (SSSR count). The maximum atomic E-state index is 12.1. The van der Waals surface area contributed by atoms with Gasteiger partial charge in [-0.15, -0.1) is 0 Å². The molecular formula is C16H22BrNO. The minimum absolute atomic E-state index is 0.0171. The van der Waals surface area contributed by atoms with Crippen molar-refractivity contribution in [2.24, 2.45) is 5.41 Å². The van der Waals surface area contributed by atoms with Gasteiger partial charge in [-0.25, -0.2) is 0 Å². The summed E-state index contributed by atoms with van der Waals surface area (Å²) >= 11 is 3.48. The second kappa shape index (κ2) is 5.91. The Hall–Kier alpha value is -1.09. The lowest BCUT2D eigenvalue weighted by molar-refractivity contribution is -0.117. The van der Waals surface area contributed by atoms with Crippen molar-refractivity contribution in [1.29, 1.82) is 0 Å². The molecule has 19 heavy (non-hydrogen) atoms. The molecule has 1 aromatic carbocycles. The third-order valence-electron chi connectivity index (χ3n) is 2.72. The molecule has 1 amide bonds. The highest BCUT2D eigenvalue weighted by Crippen LogP contribution is 2.31. The lowest BCUT2D eigenvalue weighted by Crippen LogP contribution is -2.20. The van der Waals surface area contributed by atoms with Gasteiger partial charge in [-0.3, -0.25) is 4.79 Å². The van der Waals surface area contributed by atoms with Crippen LogP contribution >= 0.6 is 15.9 Å². The van der Waals surface area contributed by atoms with Gasteiger partial charge in [-0.2, -0.15) is 0 Å². The van der Waals surface area contributed by atoms with Gasteiger partial charge in [0.25, 0.3) is 0 Å². The molecule has 0 heterocycles. The molecule has 0 atom stereocenters. The monoisotopic (exact) mass is 323 g/mol. The first-order chi connectivity index (χ1) is 8.60. The molecule has 0 fully saturated rings. The van der Waals surface area contributed by atoms with Crippen LogP contribution in [0.1, 0.15) is 45.2 Å². The van der Waals surface area contributed by atoms with Crippen LogP contribution in [0.15, 0.2) is 23.2 Å². The minimum Gasteiger partial charge on any atom is -0.325 e. The van der Waals surface area contributed by atoms with Gasteiger partial charge in [0.05, 0.1) is 5.69 Å². The van der Waals surface area contributed by atoms with Gasteiger partial charge < -0.3 is 5.32 Å². The first kappa shape index (κ1) is 16.0. The van der Waals surface area contributed by atoms with E-state index in [1.54, 1.807) is 0 Å². The summed E-state index contributed by atoms with van der Waals surface area (Å²) in [6.45, 7) is 14.1. The normalized spacial score (nSPS) is 11.3. The highest BCUT2D eigenvalue weighted by Gasteiger charge is 2.18. The fraction of sp³-hybridized carbons (Fsp3) is 0.438. The van der Waals surface area contributed by atoms with Gasteiger partial charge in [-0.1, -0.05) is 43.3 Å². The summed E-state index contributed by atoms with van der Waals surface area (Å²) in [4.78, 5) is 12.1. The van der Waals surface area contributed by atoms with E-state index in [1.165, 1.54) is 0 Å². The number of rotatable bonds is 3. The van der Waals surface area contributed by atoms with Crippen LogP contribution < -0.4 is 5.32 Å². The first-order valence-electron chi connectivity index (χ1n) is 6.36. The van der Waals surface area contributed by atoms with Crippen LogP contribution in [0.5, 0.6) is 0 Å². The Morgan fingerprint density at radius 2 is 1.95 bits per heavy atom. The molecule has 2 nitrogen and oxygen atoms in total. The fourth-order valence-corrected chi connectivity index (χ4v) is 2.48. The molecule has 0 aliphatic carbocycles. The van der Waals surface area contributed by atoms with E-state index in [2.05, 4.69) is 48.6 Å². The number of benzene rings is 1. The fourth-order valence-electron chi connectivity index (χ4n) is 1.91. The van der Waals surface area contributed by atoms with Crippen molar-refractivity contribution >= 4 is 33.1 Å². The van der Waals surface area contributed by atoms with Crippen LogP contribution in [-0.2, 0) is 4.79 Å². The third-order valence-corrected chi connectivity index (χ3v) is 3.17.